The molecular weight excluding hydrogens is 290 g/mol. The normalized spacial score (nSPS) is 15.0. The third-order valence-corrected chi connectivity index (χ3v) is 3.69. The average molecular weight is 312 g/mol. The molecule has 0 atom stereocenters. The highest BCUT2D eigenvalue weighted by molar-refractivity contribution is 6.17. The third kappa shape index (κ3) is 5.52. The van der Waals surface area contributed by atoms with E-state index in [9.17, 15) is 4.79 Å². The lowest BCUT2D eigenvalue weighted by Crippen LogP contribution is -2.36. The maximum atomic E-state index is 11.6. The Morgan fingerprint density at radius 3 is 2.81 bits per heavy atom. The molecule has 1 fully saturated rings. The summed E-state index contributed by atoms with van der Waals surface area (Å²) in [6.07, 6.45) is 4.07. The van der Waals surface area contributed by atoms with Crippen molar-refractivity contribution >= 4 is 23.3 Å². The van der Waals surface area contributed by atoms with Gasteiger partial charge < -0.3 is 15.0 Å². The molecule has 5 nitrogen and oxygen atoms in total. The predicted molar refractivity (Wildman–Crippen MR) is 83.7 cm³/mol. The Morgan fingerprint density at radius 1 is 1.33 bits per heavy atom. The van der Waals surface area contributed by atoms with E-state index in [0.717, 1.165) is 50.5 Å². The number of alkyl halides is 1. The number of hydrogen-bond donors (Lipinski definition) is 1. The van der Waals surface area contributed by atoms with Crippen LogP contribution in [0.1, 0.15) is 24.8 Å². The SMILES string of the molecule is O=C(CCCCCl)NCc1ccc(N2CCOCC2)nc1. The summed E-state index contributed by atoms with van der Waals surface area (Å²) in [6, 6.07) is 4.01. The van der Waals surface area contributed by atoms with Gasteiger partial charge in [0.1, 0.15) is 5.82 Å². The van der Waals surface area contributed by atoms with Gasteiger partial charge in [-0.25, -0.2) is 4.98 Å². The number of ether oxygens (including phenoxy) is 1. The average Bonchev–Trinajstić information content (AvgIpc) is 2.54. The van der Waals surface area contributed by atoms with Gasteiger partial charge in [0.2, 0.25) is 5.91 Å². The van der Waals surface area contributed by atoms with Gasteiger partial charge in [-0.05, 0) is 24.5 Å². The second kappa shape index (κ2) is 8.85. The molecule has 116 valence electrons. The molecule has 1 amide bonds. The maximum absolute atomic E-state index is 11.6. The van der Waals surface area contributed by atoms with Crippen molar-refractivity contribution in [3.8, 4) is 0 Å². The van der Waals surface area contributed by atoms with E-state index in [1.807, 2.05) is 18.3 Å². The number of unbranched alkanes of at least 4 members (excludes halogenated alkanes) is 1. The minimum absolute atomic E-state index is 0.0670. The number of carbonyl (C=O) groups is 1. The largest absolute Gasteiger partial charge is 0.378 e. The first-order valence-corrected chi connectivity index (χ1v) is 7.93. The third-order valence-electron chi connectivity index (χ3n) is 3.42. The zero-order chi connectivity index (χ0) is 14.9. The van der Waals surface area contributed by atoms with E-state index >= 15 is 0 Å². The molecule has 0 radical (unpaired) electrons. The molecule has 0 saturated carbocycles. The Balaban J connectivity index is 1.75. The number of pyridine rings is 1. The summed E-state index contributed by atoms with van der Waals surface area (Å²) in [7, 11) is 0. The van der Waals surface area contributed by atoms with Crippen LogP contribution in [0.25, 0.3) is 0 Å². The second-order valence-corrected chi connectivity index (χ2v) is 5.42. The number of rotatable bonds is 7. The van der Waals surface area contributed by atoms with Crippen molar-refractivity contribution in [2.24, 2.45) is 0 Å². The Bertz CT molecular complexity index is 433. The highest BCUT2D eigenvalue weighted by Crippen LogP contribution is 2.13. The number of carbonyl (C=O) groups excluding carboxylic acids is 1. The van der Waals surface area contributed by atoms with Crippen LogP contribution in [0.15, 0.2) is 18.3 Å². The Morgan fingerprint density at radius 2 is 2.14 bits per heavy atom. The lowest BCUT2D eigenvalue weighted by atomic mass is 10.2. The highest BCUT2D eigenvalue weighted by atomic mass is 35.5. The van der Waals surface area contributed by atoms with Gasteiger partial charge in [-0.15, -0.1) is 11.6 Å². The van der Waals surface area contributed by atoms with Crippen molar-refractivity contribution in [2.75, 3.05) is 37.1 Å². The van der Waals surface area contributed by atoms with Crippen LogP contribution in [0.2, 0.25) is 0 Å². The molecule has 1 aliphatic heterocycles. The molecule has 1 aromatic heterocycles. The zero-order valence-corrected chi connectivity index (χ0v) is 12.9. The second-order valence-electron chi connectivity index (χ2n) is 5.05. The van der Waals surface area contributed by atoms with Crippen LogP contribution in [0, 0.1) is 0 Å². The number of halogens is 1. The van der Waals surface area contributed by atoms with E-state index in [1.54, 1.807) is 0 Å². The van der Waals surface area contributed by atoms with Gasteiger partial charge in [-0.2, -0.15) is 0 Å². The van der Waals surface area contributed by atoms with Crippen molar-refractivity contribution in [1.82, 2.24) is 10.3 Å². The number of morpholine rings is 1. The number of aromatic nitrogens is 1. The summed E-state index contributed by atoms with van der Waals surface area (Å²) in [5.41, 5.74) is 1.01. The summed E-state index contributed by atoms with van der Waals surface area (Å²) in [4.78, 5) is 18.3. The fourth-order valence-corrected chi connectivity index (χ4v) is 2.36. The standard InChI is InChI=1S/C15H22ClN3O2/c16-6-2-1-3-15(20)18-12-13-4-5-14(17-11-13)19-7-9-21-10-8-19/h4-5,11H,1-3,6-10,12H2,(H,18,20). The van der Waals surface area contributed by atoms with Gasteiger partial charge in [-0.3, -0.25) is 4.79 Å². The van der Waals surface area contributed by atoms with Crippen LogP contribution in [0.4, 0.5) is 5.82 Å². The lowest BCUT2D eigenvalue weighted by Gasteiger charge is -2.27. The van der Waals surface area contributed by atoms with Crippen molar-refractivity contribution in [2.45, 2.75) is 25.8 Å². The number of anilines is 1. The molecule has 1 aromatic rings. The molecule has 1 N–H and O–H groups in total. The lowest BCUT2D eigenvalue weighted by molar-refractivity contribution is -0.121. The highest BCUT2D eigenvalue weighted by Gasteiger charge is 2.11. The van der Waals surface area contributed by atoms with Gasteiger partial charge in [0, 0.05) is 38.1 Å². The fourth-order valence-electron chi connectivity index (χ4n) is 2.17. The van der Waals surface area contributed by atoms with Crippen molar-refractivity contribution in [3.05, 3.63) is 23.9 Å². The quantitative estimate of drug-likeness (QED) is 0.617. The summed E-state index contributed by atoms with van der Waals surface area (Å²) >= 11 is 5.59. The molecule has 0 bridgehead atoms. The van der Waals surface area contributed by atoms with E-state index in [-0.39, 0.29) is 5.91 Å². The minimum atomic E-state index is 0.0670. The molecule has 1 aliphatic rings. The first-order chi connectivity index (χ1) is 10.3. The number of nitrogens with one attached hydrogen (secondary N) is 1. The minimum Gasteiger partial charge on any atom is -0.378 e. The molecule has 2 heterocycles. The monoisotopic (exact) mass is 311 g/mol. The summed E-state index contributed by atoms with van der Waals surface area (Å²) in [6.45, 7) is 3.78. The van der Waals surface area contributed by atoms with Gasteiger partial charge >= 0.3 is 0 Å². The van der Waals surface area contributed by atoms with Crippen LogP contribution < -0.4 is 10.2 Å². The van der Waals surface area contributed by atoms with Crippen LogP contribution in [-0.4, -0.2) is 43.1 Å². The molecule has 0 unspecified atom stereocenters. The van der Waals surface area contributed by atoms with E-state index in [2.05, 4.69) is 15.2 Å². The predicted octanol–water partition coefficient (Wildman–Crippen LogP) is 1.94. The molecule has 0 aliphatic carbocycles. The Labute approximate surface area is 130 Å². The number of amides is 1. The molecule has 2 rings (SSSR count). The van der Waals surface area contributed by atoms with Crippen LogP contribution in [0.5, 0.6) is 0 Å². The van der Waals surface area contributed by atoms with Gasteiger partial charge in [0.25, 0.3) is 0 Å². The smallest absolute Gasteiger partial charge is 0.220 e. The van der Waals surface area contributed by atoms with Crippen molar-refractivity contribution in [1.29, 1.82) is 0 Å². The zero-order valence-electron chi connectivity index (χ0n) is 12.2. The molecular formula is C15H22ClN3O2. The first-order valence-electron chi connectivity index (χ1n) is 7.40. The summed E-state index contributed by atoms with van der Waals surface area (Å²) in [5.74, 6) is 1.65. The van der Waals surface area contributed by atoms with Crippen molar-refractivity contribution < 1.29 is 9.53 Å². The molecule has 1 saturated heterocycles. The molecule has 6 heteroatoms. The fraction of sp³-hybridized carbons (Fsp3) is 0.600. The van der Waals surface area contributed by atoms with Gasteiger partial charge in [0.15, 0.2) is 0 Å². The van der Waals surface area contributed by atoms with E-state index in [1.165, 1.54) is 0 Å². The molecule has 21 heavy (non-hydrogen) atoms. The van der Waals surface area contributed by atoms with E-state index < -0.39 is 0 Å². The summed E-state index contributed by atoms with van der Waals surface area (Å²) in [5, 5.41) is 2.90. The molecule has 0 spiro atoms. The van der Waals surface area contributed by atoms with Crippen molar-refractivity contribution in [3.63, 3.8) is 0 Å². The Hall–Kier alpha value is -1.33. The summed E-state index contributed by atoms with van der Waals surface area (Å²) < 4.78 is 5.32. The van der Waals surface area contributed by atoms with Crippen LogP contribution >= 0.6 is 11.6 Å². The van der Waals surface area contributed by atoms with E-state index in [4.69, 9.17) is 16.3 Å². The number of nitrogens with zero attached hydrogens (tertiary/aromatic N) is 2. The Kier molecular flexibility index (Phi) is 6.76. The van der Waals surface area contributed by atoms with E-state index in [0.29, 0.717) is 18.8 Å². The topological polar surface area (TPSA) is 54.5 Å². The maximum Gasteiger partial charge on any atom is 0.220 e. The first kappa shape index (κ1) is 16.0. The number of hydrogen-bond acceptors (Lipinski definition) is 4. The van der Waals surface area contributed by atoms with Crippen LogP contribution in [0.3, 0.4) is 0 Å². The molecule has 0 aromatic carbocycles. The van der Waals surface area contributed by atoms with Crippen LogP contribution in [-0.2, 0) is 16.1 Å². The van der Waals surface area contributed by atoms with Gasteiger partial charge in [0.05, 0.1) is 13.2 Å². The van der Waals surface area contributed by atoms with Gasteiger partial charge in [-0.1, -0.05) is 6.07 Å².